The highest BCUT2D eigenvalue weighted by Crippen LogP contribution is 2.35. The van der Waals surface area contributed by atoms with Crippen molar-refractivity contribution in [2.75, 3.05) is 0 Å². The third-order valence-corrected chi connectivity index (χ3v) is 17.9. The maximum absolute atomic E-state index is 2.36. The van der Waals surface area contributed by atoms with Gasteiger partial charge in [0.25, 0.3) is 0 Å². The molecule has 2 aliphatic rings. The van der Waals surface area contributed by atoms with Gasteiger partial charge in [-0.2, -0.15) is 0 Å². The highest BCUT2D eigenvalue weighted by atomic mass is 31.1. The second-order valence-corrected chi connectivity index (χ2v) is 21.5. The van der Waals surface area contributed by atoms with Crippen LogP contribution in [-0.4, -0.2) is 13.4 Å². The third kappa shape index (κ3) is 8.63. The summed E-state index contributed by atoms with van der Waals surface area (Å²) >= 11 is 0. The van der Waals surface area contributed by atoms with Gasteiger partial charge in [-0.3, -0.25) is 0 Å². The molecular weight excluding hydrogens is 804 g/mol. The van der Waals surface area contributed by atoms with E-state index in [4.69, 9.17) is 0 Å². The van der Waals surface area contributed by atoms with Gasteiger partial charge in [0.15, 0.2) is 0 Å². The molecule has 0 amide bonds. The van der Waals surface area contributed by atoms with Crippen molar-refractivity contribution < 1.29 is 0 Å². The molecule has 64 heavy (non-hydrogen) atoms. The highest BCUT2D eigenvalue weighted by Gasteiger charge is 2.39. The summed E-state index contributed by atoms with van der Waals surface area (Å²) in [6.07, 6.45) is 0. The normalized spacial score (nSPS) is 12.7. The van der Waals surface area contributed by atoms with E-state index in [-0.39, 0.29) is 0 Å². The molecule has 9 aromatic rings. The van der Waals surface area contributed by atoms with Gasteiger partial charge in [-0.1, -0.05) is 285 Å². The topological polar surface area (TPSA) is 0 Å². The fraction of sp³-hybridized carbons (Fsp3) is 0.100. The molecule has 4 heteroatoms. The van der Waals surface area contributed by atoms with Crippen LogP contribution in [0.15, 0.2) is 218 Å². The largest absolute Gasteiger partial charge is 0.243 e. The van der Waals surface area contributed by atoms with E-state index in [1.54, 1.807) is 0 Å². The fourth-order valence-corrected chi connectivity index (χ4v) is 15.7. The summed E-state index contributed by atoms with van der Waals surface area (Å²) in [6, 6.07) is 79.9. The quantitative estimate of drug-likeness (QED) is 0.124. The van der Waals surface area contributed by atoms with Crippen molar-refractivity contribution in [2.24, 2.45) is 0 Å². The van der Waals surface area contributed by atoms with Crippen molar-refractivity contribution in [3.63, 3.8) is 0 Å². The molecule has 11 rings (SSSR count). The van der Waals surface area contributed by atoms with E-state index in [1.165, 1.54) is 98.0 Å². The summed E-state index contributed by atoms with van der Waals surface area (Å²) in [5, 5.41) is 8.85. The van der Waals surface area contributed by atoms with Crippen LogP contribution in [0.1, 0.15) is 33.4 Å². The molecule has 2 heterocycles. The molecule has 0 fully saturated rings. The first-order valence-electron chi connectivity index (χ1n) is 22.5. The first-order chi connectivity index (χ1) is 31.3. The minimum atomic E-state index is -0.541. The Kier molecular flexibility index (Phi) is 13.1. The van der Waals surface area contributed by atoms with Crippen LogP contribution in [0, 0.1) is 41.5 Å². The highest BCUT2D eigenvalue weighted by molar-refractivity contribution is 7.82. The molecule has 0 bridgehead atoms. The first-order valence-corrected chi connectivity index (χ1v) is 25.2. The maximum atomic E-state index is 2.36. The van der Waals surface area contributed by atoms with Gasteiger partial charge in [-0.15, -0.1) is 0 Å². The van der Waals surface area contributed by atoms with Gasteiger partial charge in [0, 0.05) is 0 Å². The zero-order chi connectivity index (χ0) is 44.2. The van der Waals surface area contributed by atoms with Gasteiger partial charge in [-0.25, -0.2) is 0 Å². The average Bonchev–Trinajstić information content (AvgIpc) is 3.32. The Labute approximate surface area is 385 Å². The van der Waals surface area contributed by atoms with Crippen molar-refractivity contribution in [1.82, 2.24) is 0 Å². The zero-order valence-corrected chi connectivity index (χ0v) is 39.6. The van der Waals surface area contributed by atoms with E-state index >= 15 is 0 Å². The Balaban J connectivity index is 0.000000143. The van der Waals surface area contributed by atoms with E-state index < -0.39 is 15.8 Å². The molecule has 0 N–H and O–H groups in total. The van der Waals surface area contributed by atoms with E-state index in [2.05, 4.69) is 224 Å². The number of rotatable bonds is 4. The molecule has 0 saturated heterocycles. The number of hydrogen-bond donors (Lipinski definition) is 0. The molecule has 0 aliphatic carbocycles. The predicted octanol–water partition coefficient (Wildman–Crippen LogP) is 8.09. The molecular formula is C60H54B2P2. The third-order valence-electron chi connectivity index (χ3n) is 12.7. The van der Waals surface area contributed by atoms with Crippen molar-refractivity contribution in [3.05, 3.63) is 252 Å². The zero-order valence-electron chi connectivity index (χ0n) is 37.8. The monoisotopic (exact) mass is 858 g/mol. The molecule has 0 spiro atoms. The van der Waals surface area contributed by atoms with E-state index in [9.17, 15) is 0 Å². The first kappa shape index (κ1) is 43.2. The number of hydrogen-bond acceptors (Lipinski definition) is 0. The lowest BCUT2D eigenvalue weighted by Gasteiger charge is -2.34. The average molecular weight is 859 g/mol. The lowest BCUT2D eigenvalue weighted by atomic mass is 9.35. The van der Waals surface area contributed by atoms with Crippen LogP contribution in [-0.2, 0) is 0 Å². The lowest BCUT2D eigenvalue weighted by molar-refractivity contribution is 1.35. The van der Waals surface area contributed by atoms with Crippen LogP contribution in [0.3, 0.4) is 0 Å². The van der Waals surface area contributed by atoms with Gasteiger partial charge in [0.05, 0.1) is 0 Å². The summed E-state index contributed by atoms with van der Waals surface area (Å²) in [5.74, 6) is 0. The van der Waals surface area contributed by atoms with E-state index in [0.717, 1.165) is 0 Å². The van der Waals surface area contributed by atoms with Gasteiger partial charge in [0.2, 0.25) is 13.4 Å². The van der Waals surface area contributed by atoms with Gasteiger partial charge < -0.3 is 0 Å². The van der Waals surface area contributed by atoms with Crippen LogP contribution >= 0.6 is 15.8 Å². The Morgan fingerprint density at radius 2 is 0.484 bits per heavy atom. The van der Waals surface area contributed by atoms with Crippen molar-refractivity contribution in [2.45, 2.75) is 41.5 Å². The van der Waals surface area contributed by atoms with Crippen molar-refractivity contribution in [1.29, 1.82) is 0 Å². The van der Waals surface area contributed by atoms with Crippen molar-refractivity contribution >= 4 is 93.9 Å². The molecule has 0 atom stereocenters. The SMILES string of the molecule is Cc1cc(C)c(B2c3ccccc3P(c3ccccc3)c3ccccc32)c(C)c1.Cc1cc(C)c(B2c3ccccc3P(c3ccccc3)c3ccccc32)c(C)c1.c1ccccc1. The second kappa shape index (κ2) is 19.4. The van der Waals surface area contributed by atoms with Crippen LogP contribution in [0.25, 0.3) is 0 Å². The molecule has 9 aromatic carbocycles. The molecule has 0 unspecified atom stereocenters. The standard InChI is InChI=1S/2C27H24BP.C6H6/c2*1-19-17-20(2)27(21(3)18-19)28-23-13-7-9-15-25(23)29(22-11-5-4-6-12-22)26-16-10-8-14-24(26)28;1-2-4-6-5-3-1/h2*4-18H,1-3H3;1-6H. The van der Waals surface area contributed by atoms with Gasteiger partial charge >= 0.3 is 0 Å². The van der Waals surface area contributed by atoms with Crippen LogP contribution < -0.4 is 64.6 Å². The van der Waals surface area contributed by atoms with Crippen LogP contribution in [0.5, 0.6) is 0 Å². The minimum absolute atomic E-state index is 0.297. The fourth-order valence-electron chi connectivity index (χ4n) is 10.3. The summed E-state index contributed by atoms with van der Waals surface area (Å²) in [6.45, 7) is 14.1. The summed E-state index contributed by atoms with van der Waals surface area (Å²) in [4.78, 5) is 0. The number of aryl methyl sites for hydroxylation is 6. The van der Waals surface area contributed by atoms with Gasteiger partial charge in [-0.05, 0) is 89.2 Å². The molecule has 310 valence electrons. The molecule has 0 radical (unpaired) electrons. The van der Waals surface area contributed by atoms with Gasteiger partial charge in [0.1, 0.15) is 0 Å². The number of fused-ring (bicyclic) bond motifs is 4. The predicted molar refractivity (Wildman–Crippen MR) is 287 cm³/mol. The Morgan fingerprint density at radius 1 is 0.266 bits per heavy atom. The van der Waals surface area contributed by atoms with Crippen LogP contribution in [0.4, 0.5) is 0 Å². The summed E-state index contributed by atoms with van der Waals surface area (Å²) in [5.41, 5.74) is 17.1. The Morgan fingerprint density at radius 3 is 0.750 bits per heavy atom. The molecule has 2 aliphatic heterocycles. The van der Waals surface area contributed by atoms with Crippen molar-refractivity contribution in [3.8, 4) is 0 Å². The Bertz CT molecular complexity index is 2680. The smallest absolute Gasteiger partial charge is 0.0663 e. The lowest BCUT2D eigenvalue weighted by Crippen LogP contribution is -2.65. The number of benzene rings is 9. The minimum Gasteiger partial charge on any atom is -0.0663 e. The van der Waals surface area contributed by atoms with E-state index in [1.807, 2.05) is 36.4 Å². The molecule has 0 nitrogen and oxygen atoms in total. The summed E-state index contributed by atoms with van der Waals surface area (Å²) in [7, 11) is -1.08. The second-order valence-electron chi connectivity index (χ2n) is 17.2. The maximum Gasteiger partial charge on any atom is 0.243 e. The van der Waals surface area contributed by atoms with Crippen LogP contribution in [0.2, 0.25) is 0 Å². The molecule has 0 saturated carbocycles. The Hall–Kier alpha value is -6.03. The molecule has 0 aromatic heterocycles. The van der Waals surface area contributed by atoms with E-state index in [0.29, 0.717) is 13.4 Å². The summed E-state index contributed by atoms with van der Waals surface area (Å²) < 4.78 is 0.